The number of ether oxygens (including phenoxy) is 2. The van der Waals surface area contributed by atoms with E-state index in [0.717, 1.165) is 11.4 Å². The third-order valence-electron chi connectivity index (χ3n) is 2.92. The molecule has 0 bridgehead atoms. The number of anilines is 1. The van der Waals surface area contributed by atoms with Gasteiger partial charge in [0.25, 0.3) is 0 Å². The largest absolute Gasteiger partial charge is 0.497 e. The quantitative estimate of drug-likeness (QED) is 0.857. The molecule has 1 aliphatic heterocycles. The molecule has 1 aliphatic rings. The summed E-state index contributed by atoms with van der Waals surface area (Å²) in [5, 5.41) is 5.61. The summed E-state index contributed by atoms with van der Waals surface area (Å²) in [6.07, 6.45) is 0. The van der Waals surface area contributed by atoms with Crippen LogP contribution in [-0.4, -0.2) is 32.9 Å². The monoisotopic (exact) mass is 250 g/mol. The van der Waals surface area contributed by atoms with E-state index < -0.39 is 0 Å². The second-order valence-corrected chi connectivity index (χ2v) is 4.84. The molecule has 1 aromatic carbocycles. The fourth-order valence-corrected chi connectivity index (χ4v) is 1.70. The van der Waals surface area contributed by atoms with Crippen LogP contribution < -0.4 is 15.4 Å². The molecule has 1 saturated heterocycles. The Morgan fingerprint density at radius 3 is 2.56 bits per heavy atom. The van der Waals surface area contributed by atoms with Crippen molar-refractivity contribution in [1.29, 1.82) is 0 Å². The zero-order valence-electron chi connectivity index (χ0n) is 10.7. The molecule has 5 nitrogen and oxygen atoms in total. The van der Waals surface area contributed by atoms with Crippen molar-refractivity contribution in [3.63, 3.8) is 0 Å². The molecule has 18 heavy (non-hydrogen) atoms. The van der Waals surface area contributed by atoms with Gasteiger partial charge in [-0.2, -0.15) is 0 Å². The number of carbonyl (C=O) groups is 1. The van der Waals surface area contributed by atoms with Gasteiger partial charge in [0.1, 0.15) is 5.75 Å². The number of urea groups is 1. The van der Waals surface area contributed by atoms with Gasteiger partial charge in [0.2, 0.25) is 0 Å². The smallest absolute Gasteiger partial charge is 0.319 e. The highest BCUT2D eigenvalue weighted by Gasteiger charge is 2.33. The van der Waals surface area contributed by atoms with Crippen molar-refractivity contribution in [2.24, 2.45) is 5.41 Å². The van der Waals surface area contributed by atoms with Crippen LogP contribution >= 0.6 is 0 Å². The summed E-state index contributed by atoms with van der Waals surface area (Å²) >= 11 is 0. The van der Waals surface area contributed by atoms with Gasteiger partial charge < -0.3 is 20.1 Å². The first-order valence-electron chi connectivity index (χ1n) is 5.88. The van der Waals surface area contributed by atoms with Crippen LogP contribution in [0.15, 0.2) is 24.3 Å². The molecular weight excluding hydrogens is 232 g/mol. The molecule has 0 aliphatic carbocycles. The second kappa shape index (κ2) is 5.27. The van der Waals surface area contributed by atoms with Crippen molar-refractivity contribution in [3.8, 4) is 5.75 Å². The standard InChI is InChI=1S/C13H18N2O3/c1-13(8-18-9-13)7-14-12(16)15-10-3-5-11(17-2)6-4-10/h3-6H,7-9H2,1-2H3,(H2,14,15,16). The summed E-state index contributed by atoms with van der Waals surface area (Å²) in [6, 6.07) is 7.00. The molecule has 1 fully saturated rings. The van der Waals surface area contributed by atoms with Crippen molar-refractivity contribution >= 4 is 11.7 Å². The van der Waals surface area contributed by atoms with Gasteiger partial charge in [0.15, 0.2) is 0 Å². The lowest BCUT2D eigenvalue weighted by atomic mass is 9.89. The van der Waals surface area contributed by atoms with Crippen LogP contribution in [0.4, 0.5) is 10.5 Å². The minimum Gasteiger partial charge on any atom is -0.497 e. The predicted octanol–water partition coefficient (Wildman–Crippen LogP) is 1.85. The first kappa shape index (κ1) is 12.7. The number of amides is 2. The molecule has 0 saturated carbocycles. The summed E-state index contributed by atoms with van der Waals surface area (Å²) in [4.78, 5) is 11.7. The van der Waals surface area contributed by atoms with Gasteiger partial charge >= 0.3 is 6.03 Å². The van der Waals surface area contributed by atoms with Crippen molar-refractivity contribution in [2.75, 3.05) is 32.2 Å². The Morgan fingerprint density at radius 2 is 2.06 bits per heavy atom. The Labute approximate surface area is 106 Å². The molecule has 2 amide bonds. The van der Waals surface area contributed by atoms with Gasteiger partial charge in [-0.05, 0) is 24.3 Å². The highest BCUT2D eigenvalue weighted by atomic mass is 16.5. The molecule has 5 heteroatoms. The van der Waals surface area contributed by atoms with E-state index in [1.165, 1.54) is 0 Å². The van der Waals surface area contributed by atoms with Gasteiger partial charge in [-0.3, -0.25) is 0 Å². The predicted molar refractivity (Wildman–Crippen MR) is 68.9 cm³/mol. The molecule has 2 rings (SSSR count). The summed E-state index contributed by atoms with van der Waals surface area (Å²) in [7, 11) is 1.61. The normalized spacial score (nSPS) is 16.6. The maximum absolute atomic E-state index is 11.7. The van der Waals surface area contributed by atoms with Crippen LogP contribution in [0.25, 0.3) is 0 Å². The van der Waals surface area contributed by atoms with Gasteiger partial charge in [0, 0.05) is 17.6 Å². The first-order chi connectivity index (χ1) is 8.61. The molecule has 0 aromatic heterocycles. The number of hydrogen-bond acceptors (Lipinski definition) is 3. The third kappa shape index (κ3) is 3.13. The van der Waals surface area contributed by atoms with Crippen LogP contribution in [0.5, 0.6) is 5.75 Å². The maximum atomic E-state index is 11.7. The second-order valence-electron chi connectivity index (χ2n) is 4.84. The van der Waals surface area contributed by atoms with E-state index in [4.69, 9.17) is 9.47 Å². The lowest BCUT2D eigenvalue weighted by Crippen LogP contribution is -2.49. The highest BCUT2D eigenvalue weighted by Crippen LogP contribution is 2.25. The molecule has 0 spiro atoms. The van der Waals surface area contributed by atoms with E-state index in [1.54, 1.807) is 31.4 Å². The van der Waals surface area contributed by atoms with E-state index in [2.05, 4.69) is 17.6 Å². The van der Waals surface area contributed by atoms with Gasteiger partial charge in [-0.25, -0.2) is 4.79 Å². The van der Waals surface area contributed by atoms with Crippen LogP contribution in [-0.2, 0) is 4.74 Å². The topological polar surface area (TPSA) is 59.6 Å². The number of carbonyl (C=O) groups excluding carboxylic acids is 1. The molecule has 1 heterocycles. The zero-order chi connectivity index (χ0) is 13.0. The maximum Gasteiger partial charge on any atom is 0.319 e. The van der Waals surface area contributed by atoms with Crippen LogP contribution in [0.1, 0.15) is 6.92 Å². The Morgan fingerprint density at radius 1 is 1.39 bits per heavy atom. The highest BCUT2D eigenvalue weighted by molar-refractivity contribution is 5.89. The van der Waals surface area contributed by atoms with E-state index in [1.807, 2.05) is 0 Å². The average Bonchev–Trinajstić information content (AvgIpc) is 2.35. The molecule has 0 radical (unpaired) electrons. The SMILES string of the molecule is COc1ccc(NC(=O)NCC2(C)COC2)cc1. The molecule has 2 N–H and O–H groups in total. The van der Waals surface area contributed by atoms with Crippen LogP contribution in [0.2, 0.25) is 0 Å². The lowest BCUT2D eigenvalue weighted by Gasteiger charge is -2.37. The number of nitrogens with one attached hydrogen (secondary N) is 2. The number of hydrogen-bond donors (Lipinski definition) is 2. The fourth-order valence-electron chi connectivity index (χ4n) is 1.70. The summed E-state index contributed by atoms with van der Waals surface area (Å²) in [6.45, 7) is 4.12. The number of rotatable bonds is 4. The van der Waals surface area contributed by atoms with Crippen molar-refractivity contribution in [2.45, 2.75) is 6.92 Å². The van der Waals surface area contributed by atoms with E-state index in [0.29, 0.717) is 19.8 Å². The Balaban J connectivity index is 1.79. The van der Waals surface area contributed by atoms with Crippen molar-refractivity contribution < 1.29 is 14.3 Å². The van der Waals surface area contributed by atoms with E-state index >= 15 is 0 Å². The first-order valence-corrected chi connectivity index (χ1v) is 5.88. The minimum absolute atomic E-state index is 0.0806. The Hall–Kier alpha value is -1.75. The zero-order valence-corrected chi connectivity index (χ0v) is 10.7. The minimum atomic E-state index is -0.201. The van der Waals surface area contributed by atoms with Crippen molar-refractivity contribution in [3.05, 3.63) is 24.3 Å². The Bertz CT molecular complexity index is 413. The van der Waals surface area contributed by atoms with Gasteiger partial charge in [-0.15, -0.1) is 0 Å². The Kier molecular flexibility index (Phi) is 3.72. The molecule has 1 aromatic rings. The molecule has 0 unspecified atom stereocenters. The molecular formula is C13H18N2O3. The molecule has 0 atom stereocenters. The molecule has 98 valence electrons. The third-order valence-corrected chi connectivity index (χ3v) is 2.92. The van der Waals surface area contributed by atoms with Crippen LogP contribution in [0.3, 0.4) is 0 Å². The summed E-state index contributed by atoms with van der Waals surface area (Å²) in [5.41, 5.74) is 0.820. The average molecular weight is 250 g/mol. The van der Waals surface area contributed by atoms with Gasteiger partial charge in [-0.1, -0.05) is 6.92 Å². The lowest BCUT2D eigenvalue weighted by molar-refractivity contribution is -0.0974. The fraction of sp³-hybridized carbons (Fsp3) is 0.462. The van der Waals surface area contributed by atoms with Gasteiger partial charge in [0.05, 0.1) is 20.3 Å². The van der Waals surface area contributed by atoms with Crippen molar-refractivity contribution in [1.82, 2.24) is 5.32 Å². The van der Waals surface area contributed by atoms with Crippen LogP contribution in [0, 0.1) is 5.41 Å². The summed E-state index contributed by atoms with van der Waals surface area (Å²) in [5.74, 6) is 0.764. The summed E-state index contributed by atoms with van der Waals surface area (Å²) < 4.78 is 10.2. The van der Waals surface area contributed by atoms with E-state index in [9.17, 15) is 4.79 Å². The number of benzene rings is 1. The number of methoxy groups -OCH3 is 1. The van der Waals surface area contributed by atoms with E-state index in [-0.39, 0.29) is 11.4 Å².